The minimum absolute atomic E-state index is 0.147. The van der Waals surface area contributed by atoms with Crippen molar-refractivity contribution in [2.75, 3.05) is 0 Å². The Hall–Kier alpha value is -1.94. The van der Waals surface area contributed by atoms with Gasteiger partial charge in [-0.3, -0.25) is 0 Å². The monoisotopic (exact) mass is 289 g/mol. The topological polar surface area (TPSA) is 35.2 Å². The molecule has 0 aliphatic rings. The molecule has 0 amide bonds. The highest BCUT2D eigenvalue weighted by Crippen LogP contribution is 2.24. The lowest BCUT2D eigenvalue weighted by Crippen LogP contribution is -2.11. The summed E-state index contributed by atoms with van der Waals surface area (Å²) in [5.74, 6) is 0.462. The van der Waals surface area contributed by atoms with E-state index in [0.717, 1.165) is 16.9 Å². The average Bonchev–Trinajstić information content (AvgIpc) is 2.39. The molecule has 0 aliphatic heterocycles. The van der Waals surface area contributed by atoms with Crippen molar-refractivity contribution in [2.45, 2.75) is 20.5 Å². The zero-order valence-electron chi connectivity index (χ0n) is 11.4. The Morgan fingerprint density at radius 2 is 1.85 bits per heavy atom. The zero-order valence-corrected chi connectivity index (χ0v) is 12.3. The number of hydrogen-bond acceptors (Lipinski definition) is 2. The van der Waals surface area contributed by atoms with Gasteiger partial charge in [-0.25, -0.2) is 4.39 Å². The lowest BCUT2D eigenvalue weighted by atomic mass is 10.1. The molecule has 0 aliphatic carbocycles. The van der Waals surface area contributed by atoms with Crippen LogP contribution in [0, 0.1) is 19.7 Å². The Balaban J connectivity index is 2.23. The van der Waals surface area contributed by atoms with Crippen molar-refractivity contribution in [2.24, 2.45) is 5.73 Å². The van der Waals surface area contributed by atoms with Gasteiger partial charge in [-0.2, -0.15) is 0 Å². The van der Waals surface area contributed by atoms with Gasteiger partial charge in [-0.1, -0.05) is 30.4 Å². The number of halogens is 1. The van der Waals surface area contributed by atoms with Gasteiger partial charge in [0.05, 0.1) is 0 Å². The predicted octanol–water partition coefficient (Wildman–Crippen LogP) is 3.66. The minimum atomic E-state index is -0.323. The molecule has 0 heterocycles. The number of rotatable bonds is 4. The van der Waals surface area contributed by atoms with E-state index < -0.39 is 0 Å². The summed E-state index contributed by atoms with van der Waals surface area (Å²) in [5.41, 5.74) is 8.69. The standard InChI is InChI=1S/C16H16FNOS/c1-10-4-3-5-11(2)15(10)19-9-13-8-12(16(18)20)6-7-14(13)17/h3-8H,9H2,1-2H3,(H2,18,20). The number of thiocarbonyl (C=S) groups is 1. The maximum absolute atomic E-state index is 13.8. The lowest BCUT2D eigenvalue weighted by Gasteiger charge is -2.13. The summed E-state index contributed by atoms with van der Waals surface area (Å²) in [5, 5.41) is 0. The van der Waals surface area contributed by atoms with Gasteiger partial charge in [0.15, 0.2) is 0 Å². The molecule has 20 heavy (non-hydrogen) atoms. The van der Waals surface area contributed by atoms with E-state index in [0.29, 0.717) is 11.1 Å². The lowest BCUT2D eigenvalue weighted by molar-refractivity contribution is 0.296. The molecule has 0 aromatic heterocycles. The first-order valence-electron chi connectivity index (χ1n) is 6.26. The number of benzene rings is 2. The van der Waals surface area contributed by atoms with Gasteiger partial charge in [-0.05, 0) is 43.2 Å². The Bertz CT molecular complexity index is 635. The van der Waals surface area contributed by atoms with E-state index in [1.54, 1.807) is 12.1 Å². The van der Waals surface area contributed by atoms with Crippen molar-refractivity contribution in [3.8, 4) is 5.75 Å². The van der Waals surface area contributed by atoms with Crippen LogP contribution in [0.2, 0.25) is 0 Å². The van der Waals surface area contributed by atoms with Crippen molar-refractivity contribution < 1.29 is 9.13 Å². The van der Waals surface area contributed by atoms with Crippen molar-refractivity contribution >= 4 is 17.2 Å². The highest BCUT2D eigenvalue weighted by Gasteiger charge is 2.08. The number of ether oxygens (including phenoxy) is 1. The van der Waals surface area contributed by atoms with Gasteiger partial charge in [-0.15, -0.1) is 0 Å². The first kappa shape index (κ1) is 14.5. The van der Waals surface area contributed by atoms with E-state index >= 15 is 0 Å². The third kappa shape index (κ3) is 3.14. The first-order valence-corrected chi connectivity index (χ1v) is 6.67. The Kier molecular flexibility index (Phi) is 4.35. The molecule has 0 radical (unpaired) electrons. The van der Waals surface area contributed by atoms with Crippen molar-refractivity contribution in [1.82, 2.24) is 0 Å². The van der Waals surface area contributed by atoms with Crippen molar-refractivity contribution in [3.63, 3.8) is 0 Å². The fraction of sp³-hybridized carbons (Fsp3) is 0.188. The average molecular weight is 289 g/mol. The molecule has 0 unspecified atom stereocenters. The number of hydrogen-bond donors (Lipinski definition) is 1. The second kappa shape index (κ2) is 6.01. The van der Waals surface area contributed by atoms with Gasteiger partial charge >= 0.3 is 0 Å². The molecule has 2 aromatic carbocycles. The Morgan fingerprint density at radius 3 is 2.45 bits per heavy atom. The molecule has 2 N–H and O–H groups in total. The summed E-state index contributed by atoms with van der Waals surface area (Å²) in [6.07, 6.45) is 0. The van der Waals surface area contributed by atoms with Crippen LogP contribution in [0.4, 0.5) is 4.39 Å². The second-order valence-corrected chi connectivity index (χ2v) is 5.12. The molecule has 4 heteroatoms. The van der Waals surface area contributed by atoms with Crippen molar-refractivity contribution in [3.05, 3.63) is 64.5 Å². The van der Waals surface area contributed by atoms with Crippen LogP contribution in [0.15, 0.2) is 36.4 Å². The molecule has 0 bridgehead atoms. The third-order valence-corrected chi connectivity index (χ3v) is 3.35. The molecule has 2 rings (SSSR count). The van der Waals surface area contributed by atoms with E-state index in [2.05, 4.69) is 0 Å². The largest absolute Gasteiger partial charge is 0.488 e. The summed E-state index contributed by atoms with van der Waals surface area (Å²) in [6.45, 7) is 4.07. The van der Waals surface area contributed by atoms with E-state index in [-0.39, 0.29) is 17.4 Å². The number of nitrogens with two attached hydrogens (primary N) is 1. The van der Waals surface area contributed by atoms with Crippen LogP contribution in [0.25, 0.3) is 0 Å². The molecular formula is C16H16FNOS. The highest BCUT2D eigenvalue weighted by atomic mass is 32.1. The highest BCUT2D eigenvalue weighted by molar-refractivity contribution is 7.80. The van der Waals surface area contributed by atoms with E-state index in [4.69, 9.17) is 22.7 Å². The molecule has 104 valence electrons. The van der Waals surface area contributed by atoms with E-state index in [1.165, 1.54) is 6.07 Å². The predicted molar refractivity (Wildman–Crippen MR) is 82.5 cm³/mol. The smallest absolute Gasteiger partial charge is 0.129 e. The molecule has 0 saturated heterocycles. The summed E-state index contributed by atoms with van der Waals surface area (Å²) in [6, 6.07) is 10.4. The van der Waals surface area contributed by atoms with Crippen LogP contribution in [0.3, 0.4) is 0 Å². The quantitative estimate of drug-likeness (QED) is 0.873. The van der Waals surface area contributed by atoms with E-state index in [9.17, 15) is 4.39 Å². The van der Waals surface area contributed by atoms with Crippen LogP contribution in [0.1, 0.15) is 22.3 Å². The van der Waals surface area contributed by atoms with Crippen LogP contribution in [-0.4, -0.2) is 4.99 Å². The van der Waals surface area contributed by atoms with Gasteiger partial charge in [0, 0.05) is 11.1 Å². The minimum Gasteiger partial charge on any atom is -0.488 e. The SMILES string of the molecule is Cc1cccc(C)c1OCc1cc(C(N)=S)ccc1F. The summed E-state index contributed by atoms with van der Waals surface area (Å²) < 4.78 is 19.5. The van der Waals surface area contributed by atoms with Crippen LogP contribution in [0.5, 0.6) is 5.75 Å². The maximum atomic E-state index is 13.8. The summed E-state index contributed by atoms with van der Waals surface area (Å²) in [4.78, 5) is 0.248. The van der Waals surface area contributed by atoms with Gasteiger partial charge in [0.1, 0.15) is 23.2 Å². The fourth-order valence-electron chi connectivity index (χ4n) is 2.02. The summed E-state index contributed by atoms with van der Waals surface area (Å²) >= 11 is 4.90. The number of para-hydroxylation sites is 1. The normalized spacial score (nSPS) is 10.3. The van der Waals surface area contributed by atoms with E-state index in [1.807, 2.05) is 32.0 Å². The summed E-state index contributed by atoms with van der Waals surface area (Å²) in [7, 11) is 0. The van der Waals surface area contributed by atoms with Gasteiger partial charge in [0.25, 0.3) is 0 Å². The third-order valence-electron chi connectivity index (χ3n) is 3.11. The molecule has 0 atom stereocenters. The first-order chi connectivity index (χ1) is 9.49. The molecule has 0 spiro atoms. The maximum Gasteiger partial charge on any atom is 0.129 e. The van der Waals surface area contributed by atoms with Crippen molar-refractivity contribution in [1.29, 1.82) is 0 Å². The molecule has 2 aromatic rings. The molecule has 0 saturated carbocycles. The zero-order chi connectivity index (χ0) is 14.7. The Labute approximate surface area is 123 Å². The Morgan fingerprint density at radius 1 is 1.20 bits per heavy atom. The van der Waals surface area contributed by atoms with Crippen LogP contribution < -0.4 is 10.5 Å². The molecule has 2 nitrogen and oxygen atoms in total. The van der Waals surface area contributed by atoms with Gasteiger partial charge < -0.3 is 10.5 Å². The molecular weight excluding hydrogens is 273 g/mol. The van der Waals surface area contributed by atoms with Crippen LogP contribution >= 0.6 is 12.2 Å². The fourth-order valence-corrected chi connectivity index (χ4v) is 2.14. The number of aryl methyl sites for hydroxylation is 2. The van der Waals surface area contributed by atoms with Crippen LogP contribution in [-0.2, 0) is 6.61 Å². The van der Waals surface area contributed by atoms with Gasteiger partial charge in [0.2, 0.25) is 0 Å². The second-order valence-electron chi connectivity index (χ2n) is 4.68. The molecule has 0 fully saturated rings.